The van der Waals surface area contributed by atoms with E-state index in [1.807, 2.05) is 43.5 Å². The van der Waals surface area contributed by atoms with Crippen molar-refractivity contribution in [3.05, 3.63) is 58.5 Å². The van der Waals surface area contributed by atoms with Crippen LogP contribution in [0.4, 0.5) is 0 Å². The van der Waals surface area contributed by atoms with E-state index in [0.717, 1.165) is 23.5 Å². The molecule has 0 saturated carbocycles. The lowest BCUT2D eigenvalue weighted by Crippen LogP contribution is -2.19. The molecular weight excluding hydrogens is 254 g/mol. The standard InChI is InChI=1S/C16H19NO3/c1-13-4-9-16(18)17(12-13)10-3-11-20-15-7-5-14(19-2)6-8-15/h4-9,12H,3,10-11H2,1-2H3. The van der Waals surface area contributed by atoms with Gasteiger partial charge in [-0.3, -0.25) is 4.79 Å². The van der Waals surface area contributed by atoms with E-state index >= 15 is 0 Å². The second-order valence-electron chi connectivity index (χ2n) is 4.62. The molecule has 0 N–H and O–H groups in total. The van der Waals surface area contributed by atoms with Gasteiger partial charge in [-0.15, -0.1) is 0 Å². The molecule has 0 saturated heterocycles. The maximum absolute atomic E-state index is 11.6. The third-order valence-electron chi connectivity index (χ3n) is 3.00. The molecule has 0 amide bonds. The molecule has 1 aromatic heterocycles. The summed E-state index contributed by atoms with van der Waals surface area (Å²) in [6, 6.07) is 10.9. The number of rotatable bonds is 6. The van der Waals surface area contributed by atoms with E-state index in [2.05, 4.69) is 0 Å². The molecule has 4 heteroatoms. The Balaban J connectivity index is 1.81. The van der Waals surface area contributed by atoms with Crippen molar-refractivity contribution >= 4 is 0 Å². The number of methoxy groups -OCH3 is 1. The van der Waals surface area contributed by atoms with Gasteiger partial charge in [0.05, 0.1) is 13.7 Å². The summed E-state index contributed by atoms with van der Waals surface area (Å²) < 4.78 is 12.4. The second-order valence-corrected chi connectivity index (χ2v) is 4.62. The lowest BCUT2D eigenvalue weighted by atomic mass is 10.3. The molecule has 0 fully saturated rings. The van der Waals surface area contributed by atoms with Crippen LogP contribution in [0.3, 0.4) is 0 Å². The van der Waals surface area contributed by atoms with Gasteiger partial charge in [-0.05, 0) is 43.2 Å². The lowest BCUT2D eigenvalue weighted by Gasteiger charge is -2.09. The maximum atomic E-state index is 11.6. The predicted octanol–water partition coefficient (Wildman–Crippen LogP) is 2.63. The fourth-order valence-corrected chi connectivity index (χ4v) is 1.92. The first-order valence-corrected chi connectivity index (χ1v) is 6.63. The predicted molar refractivity (Wildman–Crippen MR) is 78.5 cm³/mol. The molecule has 0 aliphatic rings. The Labute approximate surface area is 118 Å². The van der Waals surface area contributed by atoms with E-state index in [-0.39, 0.29) is 5.56 Å². The van der Waals surface area contributed by atoms with E-state index in [1.165, 1.54) is 0 Å². The zero-order valence-corrected chi connectivity index (χ0v) is 11.8. The minimum absolute atomic E-state index is 0.0278. The summed E-state index contributed by atoms with van der Waals surface area (Å²) in [5, 5.41) is 0. The molecule has 0 aliphatic carbocycles. The number of benzene rings is 1. The molecule has 2 aromatic rings. The first-order chi connectivity index (χ1) is 9.69. The van der Waals surface area contributed by atoms with Crippen LogP contribution in [0.25, 0.3) is 0 Å². The van der Waals surface area contributed by atoms with Crippen molar-refractivity contribution in [3.63, 3.8) is 0 Å². The highest BCUT2D eigenvalue weighted by Crippen LogP contribution is 2.17. The Morgan fingerprint density at radius 3 is 2.45 bits per heavy atom. The molecule has 0 aliphatic heterocycles. The average Bonchev–Trinajstić information content (AvgIpc) is 2.47. The quantitative estimate of drug-likeness (QED) is 0.760. The molecule has 4 nitrogen and oxygen atoms in total. The maximum Gasteiger partial charge on any atom is 0.250 e. The van der Waals surface area contributed by atoms with Crippen LogP contribution in [-0.4, -0.2) is 18.3 Å². The van der Waals surface area contributed by atoms with Crippen LogP contribution in [0.2, 0.25) is 0 Å². The van der Waals surface area contributed by atoms with Crippen molar-refractivity contribution in [3.8, 4) is 11.5 Å². The number of hydrogen-bond acceptors (Lipinski definition) is 3. The van der Waals surface area contributed by atoms with E-state index in [1.54, 1.807) is 17.7 Å². The van der Waals surface area contributed by atoms with Crippen LogP contribution in [0.1, 0.15) is 12.0 Å². The monoisotopic (exact) mass is 273 g/mol. The third-order valence-corrected chi connectivity index (χ3v) is 3.00. The highest BCUT2D eigenvalue weighted by molar-refractivity contribution is 5.31. The zero-order chi connectivity index (χ0) is 14.4. The van der Waals surface area contributed by atoms with Crippen molar-refractivity contribution < 1.29 is 9.47 Å². The molecule has 20 heavy (non-hydrogen) atoms. The van der Waals surface area contributed by atoms with Gasteiger partial charge in [0.1, 0.15) is 11.5 Å². The number of nitrogens with zero attached hydrogens (tertiary/aromatic N) is 1. The highest BCUT2D eigenvalue weighted by Gasteiger charge is 1.98. The van der Waals surface area contributed by atoms with E-state index in [4.69, 9.17) is 9.47 Å². The Hall–Kier alpha value is -2.23. The fraction of sp³-hybridized carbons (Fsp3) is 0.312. The molecule has 2 rings (SSSR count). The van der Waals surface area contributed by atoms with E-state index in [9.17, 15) is 4.79 Å². The number of hydrogen-bond donors (Lipinski definition) is 0. The van der Waals surface area contributed by atoms with Crippen LogP contribution >= 0.6 is 0 Å². The van der Waals surface area contributed by atoms with Crippen molar-refractivity contribution in [2.75, 3.05) is 13.7 Å². The van der Waals surface area contributed by atoms with Gasteiger partial charge in [0.2, 0.25) is 0 Å². The van der Waals surface area contributed by atoms with Gasteiger partial charge >= 0.3 is 0 Å². The number of aryl methyl sites for hydroxylation is 2. The molecule has 1 heterocycles. The molecule has 0 bridgehead atoms. The largest absolute Gasteiger partial charge is 0.497 e. The van der Waals surface area contributed by atoms with Crippen molar-refractivity contribution in [2.45, 2.75) is 19.9 Å². The van der Waals surface area contributed by atoms with Gasteiger partial charge in [-0.25, -0.2) is 0 Å². The Kier molecular flexibility index (Phi) is 4.82. The fourth-order valence-electron chi connectivity index (χ4n) is 1.92. The molecular formula is C16H19NO3. The van der Waals surface area contributed by atoms with Gasteiger partial charge in [-0.1, -0.05) is 6.07 Å². The third kappa shape index (κ3) is 3.88. The van der Waals surface area contributed by atoms with Gasteiger partial charge in [0.15, 0.2) is 0 Å². The average molecular weight is 273 g/mol. The molecule has 0 spiro atoms. The summed E-state index contributed by atoms with van der Waals surface area (Å²) in [5.74, 6) is 1.62. The van der Waals surface area contributed by atoms with Crippen LogP contribution in [0.5, 0.6) is 11.5 Å². The minimum Gasteiger partial charge on any atom is -0.497 e. The van der Waals surface area contributed by atoms with Crippen LogP contribution in [-0.2, 0) is 6.54 Å². The van der Waals surface area contributed by atoms with E-state index < -0.39 is 0 Å². The first-order valence-electron chi connectivity index (χ1n) is 6.63. The summed E-state index contributed by atoms with van der Waals surface area (Å²) in [7, 11) is 1.63. The Bertz CT molecular complexity index is 602. The SMILES string of the molecule is COc1ccc(OCCCn2cc(C)ccc2=O)cc1. The summed E-state index contributed by atoms with van der Waals surface area (Å²) >= 11 is 0. The summed E-state index contributed by atoms with van der Waals surface area (Å²) in [5.41, 5.74) is 1.11. The van der Waals surface area contributed by atoms with Gasteiger partial charge < -0.3 is 14.0 Å². The van der Waals surface area contributed by atoms with Gasteiger partial charge in [-0.2, -0.15) is 0 Å². The van der Waals surface area contributed by atoms with Crippen LogP contribution in [0, 0.1) is 6.92 Å². The number of pyridine rings is 1. The van der Waals surface area contributed by atoms with Crippen LogP contribution in [0.15, 0.2) is 47.4 Å². The van der Waals surface area contributed by atoms with Gasteiger partial charge in [0, 0.05) is 18.8 Å². The first kappa shape index (κ1) is 14.2. The summed E-state index contributed by atoms with van der Waals surface area (Å²) in [6.45, 7) is 3.22. The summed E-state index contributed by atoms with van der Waals surface area (Å²) in [4.78, 5) is 11.6. The number of aromatic nitrogens is 1. The Morgan fingerprint density at radius 1 is 1.05 bits per heavy atom. The second kappa shape index (κ2) is 6.80. The topological polar surface area (TPSA) is 40.5 Å². The normalized spacial score (nSPS) is 10.3. The van der Waals surface area contributed by atoms with Gasteiger partial charge in [0.25, 0.3) is 5.56 Å². The summed E-state index contributed by atoms with van der Waals surface area (Å²) in [6.07, 6.45) is 2.66. The Morgan fingerprint density at radius 2 is 1.75 bits per heavy atom. The lowest BCUT2D eigenvalue weighted by molar-refractivity contribution is 0.300. The molecule has 0 unspecified atom stereocenters. The smallest absolute Gasteiger partial charge is 0.250 e. The van der Waals surface area contributed by atoms with Crippen molar-refractivity contribution in [1.82, 2.24) is 4.57 Å². The molecule has 106 valence electrons. The molecule has 1 aromatic carbocycles. The zero-order valence-electron chi connectivity index (χ0n) is 11.8. The van der Waals surface area contributed by atoms with Crippen LogP contribution < -0.4 is 15.0 Å². The molecule has 0 radical (unpaired) electrons. The highest BCUT2D eigenvalue weighted by atomic mass is 16.5. The minimum atomic E-state index is 0.0278. The number of ether oxygens (including phenoxy) is 2. The van der Waals surface area contributed by atoms with Crippen molar-refractivity contribution in [1.29, 1.82) is 0 Å². The van der Waals surface area contributed by atoms with E-state index in [0.29, 0.717) is 13.2 Å². The van der Waals surface area contributed by atoms with Crippen molar-refractivity contribution in [2.24, 2.45) is 0 Å². The molecule has 0 atom stereocenters.